The van der Waals surface area contributed by atoms with Gasteiger partial charge < -0.3 is 10.6 Å². The van der Waals surface area contributed by atoms with Gasteiger partial charge in [0.1, 0.15) is 0 Å². The van der Waals surface area contributed by atoms with Crippen LogP contribution in [0.2, 0.25) is 0 Å². The number of aryl methyl sites for hydroxylation is 1. The minimum absolute atomic E-state index is 0. The van der Waals surface area contributed by atoms with Gasteiger partial charge in [-0.25, -0.2) is 8.42 Å². The molecule has 0 unspecified atom stereocenters. The van der Waals surface area contributed by atoms with Gasteiger partial charge in [0.2, 0.25) is 0 Å². The highest BCUT2D eigenvalue weighted by Crippen LogP contribution is 2.16. The Morgan fingerprint density at radius 2 is 1.88 bits per heavy atom. The molecule has 1 aromatic carbocycles. The molecule has 0 radical (unpaired) electrons. The molecule has 8 heteroatoms. The lowest BCUT2D eigenvalue weighted by molar-refractivity contribution is 0.601. The summed E-state index contributed by atoms with van der Waals surface area (Å²) in [6.07, 6.45) is 2.97. The van der Waals surface area contributed by atoms with Crippen LogP contribution >= 0.6 is 24.0 Å². The van der Waals surface area contributed by atoms with Crippen LogP contribution in [0.4, 0.5) is 0 Å². The number of nitrogens with one attached hydrogen (secondary N) is 2. The Morgan fingerprint density at radius 1 is 1.16 bits per heavy atom. The summed E-state index contributed by atoms with van der Waals surface area (Å²) in [7, 11) is -1.49. The predicted octanol–water partition coefficient (Wildman–Crippen LogP) is 2.28. The van der Waals surface area contributed by atoms with E-state index in [9.17, 15) is 8.42 Å². The van der Waals surface area contributed by atoms with E-state index in [0.717, 1.165) is 16.8 Å². The number of rotatable bonds is 5. The summed E-state index contributed by atoms with van der Waals surface area (Å²) >= 11 is 0. The molecule has 6 nitrogen and oxygen atoms in total. The molecule has 25 heavy (non-hydrogen) atoms. The zero-order valence-electron chi connectivity index (χ0n) is 14.5. The van der Waals surface area contributed by atoms with Gasteiger partial charge in [0.25, 0.3) is 0 Å². The van der Waals surface area contributed by atoms with Crippen LogP contribution < -0.4 is 10.6 Å². The van der Waals surface area contributed by atoms with Gasteiger partial charge in [-0.2, -0.15) is 0 Å². The maximum Gasteiger partial charge on any atom is 0.191 e. The first-order valence-electron chi connectivity index (χ1n) is 7.54. The summed E-state index contributed by atoms with van der Waals surface area (Å²) in [5.41, 5.74) is 2.66. The minimum Gasteiger partial charge on any atom is -0.352 e. The first-order chi connectivity index (χ1) is 11.4. The Labute approximate surface area is 166 Å². The summed E-state index contributed by atoms with van der Waals surface area (Å²) in [6, 6.07) is 11.1. The third-order valence-electron chi connectivity index (χ3n) is 3.49. The summed E-state index contributed by atoms with van der Waals surface area (Å²) in [5.74, 6) is 0.658. The Bertz CT molecular complexity index is 824. The van der Waals surface area contributed by atoms with E-state index in [1.54, 1.807) is 26.2 Å². The average molecular weight is 474 g/mol. The Kier molecular flexibility index (Phi) is 8.30. The molecule has 0 spiro atoms. The fraction of sp³-hybridized carbons (Fsp3) is 0.294. The van der Waals surface area contributed by atoms with Crippen molar-refractivity contribution in [1.82, 2.24) is 15.6 Å². The van der Waals surface area contributed by atoms with Crippen LogP contribution in [-0.4, -0.2) is 32.7 Å². The van der Waals surface area contributed by atoms with Gasteiger partial charge in [0.05, 0.1) is 17.1 Å². The monoisotopic (exact) mass is 474 g/mol. The van der Waals surface area contributed by atoms with E-state index in [1.807, 2.05) is 30.3 Å². The van der Waals surface area contributed by atoms with E-state index in [2.05, 4.69) is 20.6 Å². The fourth-order valence-electron chi connectivity index (χ4n) is 2.32. The van der Waals surface area contributed by atoms with Gasteiger partial charge in [-0.05, 0) is 36.2 Å². The van der Waals surface area contributed by atoms with Crippen molar-refractivity contribution in [2.45, 2.75) is 24.9 Å². The maximum atomic E-state index is 11.6. The van der Waals surface area contributed by atoms with Gasteiger partial charge in [0.15, 0.2) is 15.8 Å². The summed E-state index contributed by atoms with van der Waals surface area (Å²) in [6.45, 7) is 2.92. The average Bonchev–Trinajstić information content (AvgIpc) is 2.55. The second-order valence-corrected chi connectivity index (χ2v) is 7.46. The lowest BCUT2D eigenvalue weighted by atomic mass is 10.1. The molecular weight excluding hydrogens is 451 g/mol. The van der Waals surface area contributed by atoms with E-state index in [1.165, 1.54) is 6.26 Å². The number of guanidine groups is 1. The van der Waals surface area contributed by atoms with Crippen molar-refractivity contribution in [3.63, 3.8) is 0 Å². The third kappa shape index (κ3) is 6.62. The summed E-state index contributed by atoms with van der Waals surface area (Å²) in [4.78, 5) is 8.78. The first-order valence-corrected chi connectivity index (χ1v) is 9.43. The zero-order chi connectivity index (χ0) is 17.6. The molecule has 1 heterocycles. The van der Waals surface area contributed by atoms with E-state index in [4.69, 9.17) is 0 Å². The van der Waals surface area contributed by atoms with Crippen molar-refractivity contribution in [2.24, 2.45) is 4.99 Å². The van der Waals surface area contributed by atoms with Crippen LogP contribution in [0.5, 0.6) is 0 Å². The van der Waals surface area contributed by atoms with Crippen LogP contribution in [0.3, 0.4) is 0 Å². The second-order valence-electron chi connectivity index (χ2n) is 5.47. The largest absolute Gasteiger partial charge is 0.352 e. The molecule has 2 N–H and O–H groups in total. The molecule has 0 amide bonds. The summed E-state index contributed by atoms with van der Waals surface area (Å²) in [5, 5.41) is 6.39. The molecule has 2 aromatic rings. The zero-order valence-corrected chi connectivity index (χ0v) is 17.6. The van der Waals surface area contributed by atoms with Gasteiger partial charge in [-0.1, -0.05) is 18.2 Å². The standard InChI is InChI=1S/C17H22N4O2S.HI/c1-13-10-14(7-8-16(13)24(3,22)23)11-20-17(18-2)21-12-15-6-4-5-9-19-15;/h4-10H,11-12H2,1-3H3,(H2,18,20,21);1H. The van der Waals surface area contributed by atoms with Gasteiger partial charge in [-0.15, -0.1) is 24.0 Å². The normalized spacial score (nSPS) is 11.6. The molecule has 1 aromatic heterocycles. The highest BCUT2D eigenvalue weighted by Gasteiger charge is 2.10. The van der Waals surface area contributed by atoms with Crippen LogP contribution in [0.1, 0.15) is 16.8 Å². The number of sulfone groups is 1. The number of hydrogen-bond donors (Lipinski definition) is 2. The number of aromatic nitrogens is 1. The van der Waals surface area contributed by atoms with E-state index < -0.39 is 9.84 Å². The smallest absolute Gasteiger partial charge is 0.191 e. The minimum atomic E-state index is -3.19. The van der Waals surface area contributed by atoms with Crippen molar-refractivity contribution >= 4 is 39.8 Å². The van der Waals surface area contributed by atoms with Crippen LogP contribution in [0.25, 0.3) is 0 Å². The SMILES string of the molecule is CN=C(NCc1ccc(S(C)(=O)=O)c(C)c1)NCc1ccccn1.I. The molecule has 0 aliphatic carbocycles. The molecule has 0 atom stereocenters. The maximum absolute atomic E-state index is 11.6. The van der Waals surface area contributed by atoms with Crippen LogP contribution in [0, 0.1) is 6.92 Å². The lowest BCUT2D eigenvalue weighted by Gasteiger charge is -2.12. The molecular formula is C17H23IN4O2S. The first kappa shape index (κ1) is 21.4. The van der Waals surface area contributed by atoms with Gasteiger partial charge in [0, 0.05) is 26.0 Å². The number of pyridine rings is 1. The Morgan fingerprint density at radius 3 is 2.44 bits per heavy atom. The van der Waals surface area contributed by atoms with Crippen molar-refractivity contribution in [3.05, 3.63) is 59.4 Å². The summed E-state index contributed by atoms with van der Waals surface area (Å²) < 4.78 is 23.3. The van der Waals surface area contributed by atoms with Gasteiger partial charge >= 0.3 is 0 Å². The number of halogens is 1. The van der Waals surface area contributed by atoms with E-state index >= 15 is 0 Å². The van der Waals surface area contributed by atoms with Crippen molar-refractivity contribution in [3.8, 4) is 0 Å². The molecule has 0 saturated carbocycles. The highest BCUT2D eigenvalue weighted by molar-refractivity contribution is 14.0. The Hall–Kier alpha value is -1.68. The molecule has 0 aliphatic heterocycles. The molecule has 2 rings (SSSR count). The molecule has 136 valence electrons. The third-order valence-corrected chi connectivity index (χ3v) is 4.74. The lowest BCUT2D eigenvalue weighted by Crippen LogP contribution is -2.36. The van der Waals surface area contributed by atoms with Crippen LogP contribution in [-0.2, 0) is 22.9 Å². The second kappa shape index (κ2) is 9.71. The van der Waals surface area contributed by atoms with E-state index in [-0.39, 0.29) is 24.0 Å². The van der Waals surface area contributed by atoms with Crippen molar-refractivity contribution < 1.29 is 8.42 Å². The fourth-order valence-corrected chi connectivity index (χ4v) is 3.28. The predicted molar refractivity (Wildman–Crippen MR) is 111 cm³/mol. The van der Waals surface area contributed by atoms with E-state index in [0.29, 0.717) is 23.9 Å². The molecule has 0 aliphatic rings. The van der Waals surface area contributed by atoms with Crippen molar-refractivity contribution in [2.75, 3.05) is 13.3 Å². The van der Waals surface area contributed by atoms with Crippen molar-refractivity contribution in [1.29, 1.82) is 0 Å². The molecule has 0 fully saturated rings. The van der Waals surface area contributed by atoms with Crippen LogP contribution in [0.15, 0.2) is 52.5 Å². The Balaban J connectivity index is 0.00000312. The number of hydrogen-bond acceptors (Lipinski definition) is 4. The van der Waals surface area contributed by atoms with Gasteiger partial charge in [-0.3, -0.25) is 9.98 Å². The molecule has 0 bridgehead atoms. The quantitative estimate of drug-likeness (QED) is 0.395. The number of nitrogens with zero attached hydrogens (tertiary/aromatic N) is 2. The molecule has 0 saturated heterocycles. The number of aliphatic imine (C=N–C) groups is 1. The topological polar surface area (TPSA) is 83.5 Å². The highest BCUT2D eigenvalue weighted by atomic mass is 127. The number of benzene rings is 1.